The molecule has 6 atom stereocenters. The third kappa shape index (κ3) is 14.2. The first-order valence-electron chi connectivity index (χ1n) is 27.0. The lowest BCUT2D eigenvalue weighted by atomic mass is 10.1. The van der Waals surface area contributed by atoms with Crippen molar-refractivity contribution in [2.45, 2.75) is 65.2 Å². The molecule has 4 saturated heterocycles. The summed E-state index contributed by atoms with van der Waals surface area (Å²) in [6.07, 6.45) is 2.20. The molecule has 460 valence electrons. The summed E-state index contributed by atoms with van der Waals surface area (Å²) >= 11 is 9.88. The SMILES string of the molecule is C.C.C[C@@H]1CN(C(=O)c2ccccc2)CCN1C(=O)C(=O)c1c[nH]c2c(-c3cccc(N)n3)nccc12.C[C@@H]1CN(C(=O)c2ccccc2)CCN1C(=O)C(=O)c1c[nH]c2c(-c3cccc(NC(=O)C4OC4C(=O)O)n3)nccc12.O=C(Cl)C1OC1C(=O)Cl. The van der Waals surface area contributed by atoms with E-state index in [9.17, 15) is 47.9 Å². The summed E-state index contributed by atoms with van der Waals surface area (Å²) in [6, 6.07) is 30.7. The molecule has 0 spiro atoms. The lowest BCUT2D eigenvalue weighted by Crippen LogP contribution is -2.56. The number of nitrogens with two attached hydrogens (primary N) is 1. The molecule has 6 N–H and O–H groups in total. The molecule has 0 saturated carbocycles. The molecule has 89 heavy (non-hydrogen) atoms. The molecule has 5 amide bonds. The summed E-state index contributed by atoms with van der Waals surface area (Å²) in [6.45, 7) is 5.49. The number of carbonyl (C=O) groups excluding carboxylic acids is 9. The van der Waals surface area contributed by atoms with Crippen molar-refractivity contribution in [3.63, 3.8) is 0 Å². The molecule has 12 rings (SSSR count). The van der Waals surface area contributed by atoms with E-state index in [0.29, 0.717) is 87.7 Å². The van der Waals surface area contributed by atoms with Crippen molar-refractivity contribution in [3.8, 4) is 22.8 Å². The lowest BCUT2D eigenvalue weighted by molar-refractivity contribution is -0.138. The number of benzene rings is 2. The maximum absolute atomic E-state index is 13.4. The van der Waals surface area contributed by atoms with Crippen LogP contribution in [-0.4, -0.2) is 188 Å². The number of hydrogen-bond acceptors (Lipinski definition) is 17. The molecule has 0 radical (unpaired) electrons. The number of carboxylic acid groups (broad SMARTS) is 1. The number of nitrogen functional groups attached to an aromatic ring is 1. The molecule has 0 bridgehead atoms. The molecule has 4 fully saturated rings. The number of Topliss-reactive ketones (excluding diaryl/α,β-unsaturated/α-hetero) is 2. The number of aliphatic carboxylic acids is 1. The number of aromatic amines is 2. The van der Waals surface area contributed by atoms with E-state index in [-0.39, 0.29) is 68.8 Å². The molecule has 4 aliphatic heterocycles. The van der Waals surface area contributed by atoms with Gasteiger partial charge in [-0.25, -0.2) is 14.8 Å². The third-order valence-electron chi connectivity index (χ3n) is 14.7. The second kappa shape index (κ2) is 27.7. The summed E-state index contributed by atoms with van der Waals surface area (Å²) in [4.78, 5) is 153. The lowest BCUT2D eigenvalue weighted by Gasteiger charge is -2.39. The van der Waals surface area contributed by atoms with E-state index in [1.165, 1.54) is 34.5 Å². The van der Waals surface area contributed by atoms with Gasteiger partial charge < -0.3 is 55.2 Å². The molecule has 8 aromatic rings. The van der Waals surface area contributed by atoms with E-state index >= 15 is 0 Å². The van der Waals surface area contributed by atoms with Crippen molar-refractivity contribution in [3.05, 3.63) is 156 Å². The number of H-pyrrole nitrogens is 2. The number of pyridine rings is 4. The number of nitrogens with one attached hydrogen (secondary N) is 3. The Hall–Kier alpha value is -10.1. The number of epoxide rings is 2. The predicted molar refractivity (Wildman–Crippen MR) is 328 cm³/mol. The van der Waals surface area contributed by atoms with Crippen LogP contribution in [0.2, 0.25) is 0 Å². The molecular weight excluding hydrogens is 1190 g/mol. The molecule has 4 unspecified atom stereocenters. The normalized spacial score (nSPS) is 18.9. The van der Waals surface area contributed by atoms with Gasteiger partial charge in [-0.15, -0.1) is 0 Å². The fourth-order valence-corrected chi connectivity index (χ4v) is 10.5. The maximum Gasteiger partial charge on any atom is 0.336 e. The second-order valence-electron chi connectivity index (χ2n) is 20.4. The highest BCUT2D eigenvalue weighted by atomic mass is 35.5. The topological polar surface area (TPSA) is 350 Å². The molecule has 27 heteroatoms. The number of hydrogen-bond donors (Lipinski definition) is 5. The van der Waals surface area contributed by atoms with Crippen LogP contribution in [0.5, 0.6) is 0 Å². The minimum Gasteiger partial charge on any atom is -0.479 e. The van der Waals surface area contributed by atoms with Crippen molar-refractivity contribution >= 4 is 114 Å². The van der Waals surface area contributed by atoms with Gasteiger partial charge in [-0.3, -0.25) is 53.1 Å². The number of ketones is 2. The van der Waals surface area contributed by atoms with Crippen LogP contribution in [-0.2, 0) is 38.2 Å². The van der Waals surface area contributed by atoms with E-state index in [1.54, 1.807) is 94.9 Å². The Labute approximate surface area is 518 Å². The highest BCUT2D eigenvalue weighted by Gasteiger charge is 2.51. The zero-order chi connectivity index (χ0) is 61.8. The quantitative estimate of drug-likeness (QED) is 0.0366. The first-order chi connectivity index (χ1) is 41.8. The van der Waals surface area contributed by atoms with Crippen LogP contribution in [0.4, 0.5) is 11.6 Å². The number of fused-ring (bicyclic) bond motifs is 2. The standard InChI is InChI=1S/C30H26N6O7.C26H24N6O3.C4H2Cl2O3.2CH4/c1-16-15-35(28(39)17-6-3-2-4-7-17)12-13-36(16)29(40)24(37)19-14-32-22-18(19)10-11-31-23(22)20-8-5-9-21(33-20)34-27(38)25-26(43-25)30(41)42;1-16-15-31(25(34)17-6-3-2-4-7-17)12-13-32(16)26(35)24(33)19-14-29-22-18(19)10-11-28-23(22)20-8-5-9-21(27)30-20;5-3(7)1-2(9-1)4(6)8;;/h2-11,14,16,25-26,32H,12-13,15H2,1H3,(H,41,42)(H,33,34,38);2-11,14,16,29H,12-13,15H2,1H3,(H2,27,30);1-2H;2*1H4/t16-,25?,26?;16-;;;/m11.../s1. The fourth-order valence-electron chi connectivity index (χ4n) is 10.2. The zero-order valence-electron chi connectivity index (χ0n) is 46.2. The van der Waals surface area contributed by atoms with Crippen LogP contribution in [0.15, 0.2) is 134 Å². The first kappa shape index (κ1) is 64.9. The molecule has 0 aliphatic carbocycles. The fraction of sp³-hybridized carbons (Fsp3) is 0.258. The van der Waals surface area contributed by atoms with E-state index < -0.39 is 70.2 Å². The number of anilines is 2. The third-order valence-corrected chi connectivity index (χ3v) is 15.1. The number of rotatable bonds is 13. The molecule has 2 aromatic carbocycles. The number of ether oxygens (including phenoxy) is 2. The van der Waals surface area contributed by atoms with Crippen molar-refractivity contribution in [1.29, 1.82) is 0 Å². The highest BCUT2D eigenvalue weighted by Crippen LogP contribution is 2.32. The van der Waals surface area contributed by atoms with Gasteiger partial charge in [0.25, 0.3) is 51.6 Å². The van der Waals surface area contributed by atoms with E-state index in [1.807, 2.05) is 38.1 Å². The zero-order valence-corrected chi connectivity index (χ0v) is 47.7. The van der Waals surface area contributed by atoms with Gasteiger partial charge in [0.05, 0.1) is 33.5 Å². The van der Waals surface area contributed by atoms with Crippen molar-refractivity contribution in [2.24, 2.45) is 0 Å². The van der Waals surface area contributed by atoms with Crippen molar-refractivity contribution < 1.29 is 62.5 Å². The number of carboxylic acids is 1. The smallest absolute Gasteiger partial charge is 0.336 e. The Bertz CT molecular complexity index is 4040. The van der Waals surface area contributed by atoms with Gasteiger partial charge in [-0.1, -0.05) is 63.4 Å². The van der Waals surface area contributed by atoms with Gasteiger partial charge in [0.15, 0.2) is 24.4 Å². The van der Waals surface area contributed by atoms with E-state index in [0.717, 1.165) is 0 Å². The average molecular weight is 1250 g/mol. The van der Waals surface area contributed by atoms with Crippen LogP contribution in [0.3, 0.4) is 0 Å². The summed E-state index contributed by atoms with van der Waals surface area (Å²) in [5.74, 6) is -4.08. The summed E-state index contributed by atoms with van der Waals surface area (Å²) in [5, 5.41) is 11.2. The van der Waals surface area contributed by atoms with Crippen LogP contribution in [0.25, 0.3) is 44.6 Å². The molecular formula is C62H60Cl2N12O13. The number of piperazine rings is 2. The molecule has 6 aromatic heterocycles. The van der Waals surface area contributed by atoms with Gasteiger partial charge in [-0.05, 0) is 97.7 Å². The number of nitrogens with zero attached hydrogens (tertiary/aromatic N) is 8. The van der Waals surface area contributed by atoms with Crippen molar-refractivity contribution in [1.82, 2.24) is 49.5 Å². The number of amides is 5. The minimum absolute atomic E-state index is 0. The van der Waals surface area contributed by atoms with Crippen LogP contribution >= 0.6 is 23.2 Å². The van der Waals surface area contributed by atoms with Gasteiger partial charge >= 0.3 is 5.97 Å². The Morgan fingerprint density at radius 3 is 1.40 bits per heavy atom. The number of carbonyl (C=O) groups is 10. The molecule has 10 heterocycles. The second-order valence-corrected chi connectivity index (χ2v) is 21.1. The largest absolute Gasteiger partial charge is 0.479 e. The predicted octanol–water partition coefficient (Wildman–Crippen LogP) is 6.29. The van der Waals surface area contributed by atoms with Gasteiger partial charge in [0, 0.05) is 98.0 Å². The Morgan fingerprint density at radius 1 is 0.562 bits per heavy atom. The summed E-state index contributed by atoms with van der Waals surface area (Å²) in [7, 11) is 0. The van der Waals surface area contributed by atoms with Crippen LogP contribution < -0.4 is 11.1 Å². The Balaban J connectivity index is 0.000000200. The monoisotopic (exact) mass is 1250 g/mol. The van der Waals surface area contributed by atoms with Gasteiger partial charge in [0.1, 0.15) is 23.0 Å². The number of halogens is 2. The highest BCUT2D eigenvalue weighted by molar-refractivity contribution is 6.68. The van der Waals surface area contributed by atoms with E-state index in [4.69, 9.17) is 38.8 Å². The average Bonchev–Trinajstić information content (AvgIpc) is 2.24. The van der Waals surface area contributed by atoms with E-state index in [2.05, 4.69) is 40.0 Å². The first-order valence-corrected chi connectivity index (χ1v) is 27.8. The Kier molecular flexibility index (Phi) is 20.2. The maximum atomic E-state index is 13.4. The summed E-state index contributed by atoms with van der Waals surface area (Å²) in [5.41, 5.74) is 10.4. The summed E-state index contributed by atoms with van der Waals surface area (Å²) < 4.78 is 9.35. The molecule has 25 nitrogen and oxygen atoms in total. The Morgan fingerprint density at radius 2 is 1.00 bits per heavy atom. The molecule has 4 aliphatic rings. The minimum atomic E-state index is -1.22. The van der Waals surface area contributed by atoms with Gasteiger partial charge in [-0.2, -0.15) is 0 Å². The van der Waals surface area contributed by atoms with Crippen LogP contribution in [0.1, 0.15) is 70.1 Å². The van der Waals surface area contributed by atoms with Crippen molar-refractivity contribution in [2.75, 3.05) is 50.3 Å². The number of aromatic nitrogens is 6. The van der Waals surface area contributed by atoms with Gasteiger partial charge in [0.2, 0.25) is 0 Å². The van der Waals surface area contributed by atoms with Crippen LogP contribution in [0, 0.1) is 0 Å².